The molecule has 1 heterocycles. The zero-order chi connectivity index (χ0) is 24.0. The van der Waals surface area contributed by atoms with Crippen LogP contribution in [0.3, 0.4) is 0 Å². The molecule has 0 radical (unpaired) electrons. The number of hydrogen-bond acceptors (Lipinski definition) is 9. The van der Waals surface area contributed by atoms with Crippen molar-refractivity contribution in [3.63, 3.8) is 0 Å². The van der Waals surface area contributed by atoms with E-state index in [9.17, 15) is 19.2 Å². The number of rotatable bonds is 5. The first kappa shape index (κ1) is 25.1. The minimum absolute atomic E-state index is 0.134. The van der Waals surface area contributed by atoms with Crippen molar-refractivity contribution in [2.24, 2.45) is 5.92 Å². The lowest BCUT2D eigenvalue weighted by molar-refractivity contribution is -0.156. The normalized spacial score (nSPS) is 29.5. The zero-order valence-corrected chi connectivity index (χ0v) is 18.6. The van der Waals surface area contributed by atoms with E-state index in [4.69, 9.17) is 24.1 Å². The highest BCUT2D eigenvalue weighted by Gasteiger charge is 2.45. The Labute approximate surface area is 186 Å². The molecule has 0 aromatic carbocycles. The summed E-state index contributed by atoms with van der Waals surface area (Å²) in [6, 6.07) is 0. The Balaban J connectivity index is 2.42. The second-order valence-electron chi connectivity index (χ2n) is 7.71. The lowest BCUT2D eigenvalue weighted by atomic mass is 9.85. The molecule has 0 aromatic heterocycles. The van der Waals surface area contributed by atoms with Crippen LogP contribution in [0.5, 0.6) is 0 Å². The van der Waals surface area contributed by atoms with Gasteiger partial charge in [0, 0.05) is 32.3 Å². The van der Waals surface area contributed by atoms with Crippen LogP contribution in [0.4, 0.5) is 0 Å². The Bertz CT molecular complexity index is 893. The molecule has 9 nitrogen and oxygen atoms in total. The minimum atomic E-state index is -0.964. The van der Waals surface area contributed by atoms with E-state index in [1.807, 2.05) is 13.0 Å². The molecule has 4 atom stereocenters. The number of esters is 4. The van der Waals surface area contributed by atoms with Gasteiger partial charge in [0.15, 0.2) is 0 Å². The lowest BCUT2D eigenvalue weighted by Gasteiger charge is -2.28. The van der Waals surface area contributed by atoms with Gasteiger partial charge in [-0.15, -0.1) is 0 Å². The molecule has 9 heteroatoms. The fourth-order valence-corrected chi connectivity index (χ4v) is 3.63. The molecule has 1 aliphatic heterocycles. The predicted molar refractivity (Wildman–Crippen MR) is 112 cm³/mol. The third kappa shape index (κ3) is 6.40. The van der Waals surface area contributed by atoms with E-state index in [2.05, 4.69) is 6.58 Å². The Morgan fingerprint density at radius 2 is 1.91 bits per heavy atom. The van der Waals surface area contributed by atoms with Crippen LogP contribution in [0.15, 0.2) is 47.3 Å². The maximum absolute atomic E-state index is 12.7. The molecule has 32 heavy (non-hydrogen) atoms. The van der Waals surface area contributed by atoms with E-state index in [0.717, 1.165) is 18.6 Å². The molecule has 0 amide bonds. The van der Waals surface area contributed by atoms with Gasteiger partial charge in [0.1, 0.15) is 18.3 Å². The second-order valence-corrected chi connectivity index (χ2v) is 7.71. The summed E-state index contributed by atoms with van der Waals surface area (Å²) in [6.07, 6.45) is 2.98. The molecule has 1 N–H and O–H groups in total. The van der Waals surface area contributed by atoms with Gasteiger partial charge in [0.2, 0.25) is 5.76 Å². The van der Waals surface area contributed by atoms with Crippen molar-refractivity contribution >= 4 is 23.9 Å². The highest BCUT2D eigenvalue weighted by Crippen LogP contribution is 2.36. The third-order valence-corrected chi connectivity index (χ3v) is 5.10. The lowest BCUT2D eigenvalue weighted by Crippen LogP contribution is -2.35. The van der Waals surface area contributed by atoms with Crippen molar-refractivity contribution in [2.45, 2.75) is 58.8 Å². The van der Waals surface area contributed by atoms with Crippen LogP contribution in [-0.4, -0.2) is 53.9 Å². The van der Waals surface area contributed by atoms with Crippen LogP contribution >= 0.6 is 0 Å². The third-order valence-electron chi connectivity index (χ3n) is 5.10. The quantitative estimate of drug-likeness (QED) is 0.221. The molecule has 174 valence electrons. The average molecular weight is 448 g/mol. The van der Waals surface area contributed by atoms with Crippen LogP contribution in [0.2, 0.25) is 0 Å². The fraction of sp³-hybridized carbons (Fsp3) is 0.478. The summed E-state index contributed by atoms with van der Waals surface area (Å²) in [4.78, 5) is 47.8. The van der Waals surface area contributed by atoms with Gasteiger partial charge in [-0.05, 0) is 31.6 Å². The topological polar surface area (TPSA) is 125 Å². The molecule has 0 spiro atoms. The molecule has 0 aromatic rings. The fourth-order valence-electron chi connectivity index (χ4n) is 3.63. The van der Waals surface area contributed by atoms with Crippen molar-refractivity contribution in [3.8, 4) is 0 Å². The molecular weight excluding hydrogens is 420 g/mol. The van der Waals surface area contributed by atoms with Crippen molar-refractivity contribution < 1.29 is 43.2 Å². The molecule has 2 rings (SSSR count). The largest absolute Gasteiger partial charge is 0.458 e. The molecule has 1 fully saturated rings. The van der Waals surface area contributed by atoms with Gasteiger partial charge in [-0.1, -0.05) is 18.2 Å². The number of aliphatic hydroxyl groups is 1. The first-order valence-electron chi connectivity index (χ1n) is 10.1. The monoisotopic (exact) mass is 448 g/mol. The highest BCUT2D eigenvalue weighted by atomic mass is 16.6. The van der Waals surface area contributed by atoms with Gasteiger partial charge in [-0.25, -0.2) is 9.59 Å². The van der Waals surface area contributed by atoms with Gasteiger partial charge in [-0.2, -0.15) is 0 Å². The second kappa shape index (κ2) is 10.9. The van der Waals surface area contributed by atoms with Gasteiger partial charge in [0.25, 0.3) is 0 Å². The van der Waals surface area contributed by atoms with Gasteiger partial charge in [-0.3, -0.25) is 9.59 Å². The maximum atomic E-state index is 12.7. The number of carbonyl (C=O) groups is 4. The average Bonchev–Trinajstić information content (AvgIpc) is 2.96. The summed E-state index contributed by atoms with van der Waals surface area (Å²) in [5.74, 6) is -3.94. The number of carbonyl (C=O) groups excluding carboxylic acids is 4. The van der Waals surface area contributed by atoms with E-state index >= 15 is 0 Å². The number of hydrogen-bond donors (Lipinski definition) is 1. The number of fused-ring (bicyclic) bond motifs is 1. The molecule has 2 aliphatic rings. The van der Waals surface area contributed by atoms with E-state index in [0.29, 0.717) is 12.0 Å². The van der Waals surface area contributed by atoms with Crippen LogP contribution in [0.1, 0.15) is 40.5 Å². The van der Waals surface area contributed by atoms with E-state index in [1.165, 1.54) is 6.92 Å². The van der Waals surface area contributed by atoms with E-state index in [-0.39, 0.29) is 12.0 Å². The van der Waals surface area contributed by atoms with Crippen LogP contribution < -0.4 is 0 Å². The zero-order valence-electron chi connectivity index (χ0n) is 18.6. The molecule has 0 bridgehead atoms. The molecule has 0 saturated carbocycles. The molecule has 0 unspecified atom stereocenters. The van der Waals surface area contributed by atoms with E-state index in [1.54, 1.807) is 13.0 Å². The van der Waals surface area contributed by atoms with E-state index < -0.39 is 60.5 Å². The Kier molecular flexibility index (Phi) is 8.54. The standard InChI is InChI=1S/C23H28O9/c1-12-6-7-17(29-15(4)25)13(2)11-20-21(14(3)22(27)31-20)19(10-12)32-23(28)18(8-9-24)30-16(5)26/h6,8,11,17,19-21,24H,3,7,9-10H2,1-2,4-5H3/b12-6+,13-11-,18-8-/t17-,19-,20+,21-/m1/s1. The van der Waals surface area contributed by atoms with Crippen molar-refractivity contribution in [3.05, 3.63) is 47.3 Å². The molecule has 1 saturated heterocycles. The number of ether oxygens (including phenoxy) is 4. The number of aliphatic hydroxyl groups excluding tert-OH is 1. The summed E-state index contributed by atoms with van der Waals surface area (Å²) in [5, 5.41) is 9.13. The molecular formula is C23H28O9. The van der Waals surface area contributed by atoms with Crippen LogP contribution in [0.25, 0.3) is 0 Å². The first-order chi connectivity index (χ1) is 15.0. The predicted octanol–water partition coefficient (Wildman–Crippen LogP) is 2.05. The summed E-state index contributed by atoms with van der Waals surface area (Å²) >= 11 is 0. The van der Waals surface area contributed by atoms with Crippen molar-refractivity contribution in [2.75, 3.05) is 6.61 Å². The van der Waals surface area contributed by atoms with Crippen LogP contribution in [0, 0.1) is 5.92 Å². The Morgan fingerprint density at radius 1 is 1.22 bits per heavy atom. The smallest absolute Gasteiger partial charge is 0.374 e. The maximum Gasteiger partial charge on any atom is 0.374 e. The van der Waals surface area contributed by atoms with Gasteiger partial charge >= 0.3 is 23.9 Å². The Morgan fingerprint density at radius 3 is 2.50 bits per heavy atom. The highest BCUT2D eigenvalue weighted by molar-refractivity contribution is 5.92. The Hall–Kier alpha value is -3.20. The first-order valence-corrected chi connectivity index (χ1v) is 10.1. The van der Waals surface area contributed by atoms with Crippen LogP contribution in [-0.2, 0) is 38.1 Å². The van der Waals surface area contributed by atoms with Gasteiger partial charge < -0.3 is 24.1 Å². The summed E-state index contributed by atoms with van der Waals surface area (Å²) in [5.41, 5.74) is 1.63. The summed E-state index contributed by atoms with van der Waals surface area (Å²) < 4.78 is 21.3. The van der Waals surface area contributed by atoms with Crippen molar-refractivity contribution in [1.29, 1.82) is 0 Å². The summed E-state index contributed by atoms with van der Waals surface area (Å²) in [6.45, 7) is 9.28. The van der Waals surface area contributed by atoms with Crippen molar-refractivity contribution in [1.82, 2.24) is 0 Å². The SMILES string of the molecule is C=C1C(=O)O[C@H]2/C=C(/C)[C@H](OC(C)=O)C/C=C(\C)C[C@@H](OC(=O)/C(=C/CO)OC(C)=O)[C@@H]12. The summed E-state index contributed by atoms with van der Waals surface area (Å²) in [7, 11) is 0. The molecule has 1 aliphatic carbocycles. The van der Waals surface area contributed by atoms with Gasteiger partial charge in [0.05, 0.1) is 12.5 Å². The minimum Gasteiger partial charge on any atom is -0.458 e.